The van der Waals surface area contributed by atoms with Gasteiger partial charge in [0.1, 0.15) is 5.01 Å². The van der Waals surface area contributed by atoms with Gasteiger partial charge in [0.15, 0.2) is 0 Å². The molecule has 0 fully saturated rings. The number of hydrogen-bond donors (Lipinski definition) is 0. The fourth-order valence-electron chi connectivity index (χ4n) is 3.22. The third-order valence-corrected chi connectivity index (χ3v) is 7.37. The van der Waals surface area contributed by atoms with E-state index in [2.05, 4.69) is 4.98 Å². The van der Waals surface area contributed by atoms with E-state index in [1.807, 2.05) is 60.0 Å². The summed E-state index contributed by atoms with van der Waals surface area (Å²) in [7, 11) is -5.28. The van der Waals surface area contributed by atoms with Gasteiger partial charge in [0.2, 0.25) is 0 Å². The van der Waals surface area contributed by atoms with E-state index in [9.17, 15) is 21.6 Å². The van der Waals surface area contributed by atoms with Crippen molar-refractivity contribution in [3.05, 3.63) is 88.8 Å². The number of rotatable bonds is 5. The second kappa shape index (κ2) is 8.69. The molecule has 0 saturated heterocycles. The van der Waals surface area contributed by atoms with E-state index in [1.165, 1.54) is 29.5 Å². The maximum atomic E-state index is 12.7. The van der Waals surface area contributed by atoms with Crippen LogP contribution in [-0.4, -0.2) is 18.9 Å². The van der Waals surface area contributed by atoms with Gasteiger partial charge < -0.3 is 0 Å². The van der Waals surface area contributed by atoms with Crippen molar-refractivity contribution < 1.29 is 21.6 Å². The predicted octanol–water partition coefficient (Wildman–Crippen LogP) is 7.23. The molecule has 3 aromatic carbocycles. The lowest BCUT2D eigenvalue weighted by atomic mass is 10.0. The summed E-state index contributed by atoms with van der Waals surface area (Å²) >= 11 is 7.70. The first-order valence-corrected chi connectivity index (χ1v) is 12.2. The van der Waals surface area contributed by atoms with E-state index in [1.54, 1.807) is 0 Å². The molecule has 0 spiro atoms. The molecule has 1 heterocycles. The van der Waals surface area contributed by atoms with Crippen LogP contribution in [0, 0.1) is 0 Å². The summed E-state index contributed by atoms with van der Waals surface area (Å²) in [6, 6.07) is 21.8. The number of sulfone groups is 1. The number of benzene rings is 3. The Kier molecular flexibility index (Phi) is 6.11. The number of hydrogen-bond acceptors (Lipinski definition) is 4. The number of halogens is 4. The topological polar surface area (TPSA) is 47.0 Å². The van der Waals surface area contributed by atoms with E-state index in [-0.39, 0.29) is 10.6 Å². The van der Waals surface area contributed by atoms with Gasteiger partial charge in [0, 0.05) is 16.5 Å². The molecule has 0 aliphatic heterocycles. The minimum absolute atomic E-state index is 0.0408. The molecule has 164 valence electrons. The van der Waals surface area contributed by atoms with Gasteiger partial charge in [0.05, 0.1) is 16.5 Å². The van der Waals surface area contributed by atoms with Gasteiger partial charge in [-0.15, -0.1) is 11.3 Å². The van der Waals surface area contributed by atoms with Crippen LogP contribution in [-0.2, 0) is 15.6 Å². The third kappa shape index (κ3) is 4.57. The highest BCUT2D eigenvalue weighted by atomic mass is 35.5. The Hall–Kier alpha value is -2.68. The molecule has 4 rings (SSSR count). The third-order valence-electron chi connectivity index (χ3n) is 4.77. The fraction of sp³-hybridized carbons (Fsp3) is 0.0870. The van der Waals surface area contributed by atoms with Gasteiger partial charge in [-0.2, -0.15) is 13.2 Å². The van der Waals surface area contributed by atoms with Gasteiger partial charge in [-0.1, -0.05) is 78.3 Å². The average molecular weight is 494 g/mol. The van der Waals surface area contributed by atoms with E-state index >= 15 is 0 Å². The van der Waals surface area contributed by atoms with Crippen molar-refractivity contribution in [2.75, 3.05) is 0 Å². The van der Waals surface area contributed by atoms with E-state index in [0.29, 0.717) is 11.3 Å². The van der Waals surface area contributed by atoms with Crippen LogP contribution in [0.15, 0.2) is 78.2 Å². The second-order valence-corrected chi connectivity index (χ2v) is 10.2. The molecule has 4 aromatic rings. The summed E-state index contributed by atoms with van der Waals surface area (Å²) in [5.41, 5.74) is -1.27. The number of aromatic nitrogens is 1. The first-order valence-electron chi connectivity index (χ1n) is 9.34. The number of alkyl halides is 3. The summed E-state index contributed by atoms with van der Waals surface area (Å²) < 4.78 is 60.8. The molecule has 0 amide bonds. The van der Waals surface area contributed by atoms with Crippen LogP contribution in [0.2, 0.25) is 5.02 Å². The van der Waals surface area contributed by atoms with Gasteiger partial charge in [0.25, 0.3) is 9.84 Å². The van der Waals surface area contributed by atoms with Gasteiger partial charge in [-0.05, 0) is 22.8 Å². The molecule has 0 N–H and O–H groups in total. The summed E-state index contributed by atoms with van der Waals surface area (Å²) in [6.07, 6.45) is 0. The Morgan fingerprint density at radius 3 is 2.19 bits per heavy atom. The molecule has 9 heteroatoms. The Bertz CT molecular complexity index is 1370. The smallest absolute Gasteiger partial charge is 0.236 e. The molecule has 0 aliphatic carbocycles. The molecule has 0 radical (unpaired) electrons. The minimum Gasteiger partial charge on any atom is -0.236 e. The minimum atomic E-state index is -5.31. The van der Waals surface area contributed by atoms with Crippen LogP contribution in [0.5, 0.6) is 0 Å². The van der Waals surface area contributed by atoms with E-state index < -0.39 is 21.1 Å². The quantitative estimate of drug-likeness (QED) is 0.294. The molecule has 1 aromatic heterocycles. The van der Waals surface area contributed by atoms with E-state index in [4.69, 9.17) is 11.6 Å². The zero-order valence-electron chi connectivity index (χ0n) is 16.3. The average Bonchev–Trinajstić information content (AvgIpc) is 3.23. The summed E-state index contributed by atoms with van der Waals surface area (Å²) in [4.78, 5) is 4.68. The normalized spacial score (nSPS) is 12.1. The first-order chi connectivity index (χ1) is 15.2. The Morgan fingerprint density at radius 2 is 1.53 bits per heavy atom. The molecule has 0 atom stereocenters. The zero-order chi connectivity index (χ0) is 22.9. The summed E-state index contributed by atoms with van der Waals surface area (Å²) in [5.74, 6) is -1.16. The second-order valence-electron chi connectivity index (χ2n) is 6.97. The molecular weight excluding hydrogens is 479 g/mol. The van der Waals surface area contributed by atoms with Crippen LogP contribution >= 0.6 is 22.9 Å². The highest BCUT2D eigenvalue weighted by Crippen LogP contribution is 2.37. The lowest BCUT2D eigenvalue weighted by Gasteiger charge is -2.09. The maximum absolute atomic E-state index is 12.7. The lowest BCUT2D eigenvalue weighted by molar-refractivity contribution is -0.0437. The Morgan fingerprint density at radius 1 is 0.875 bits per heavy atom. The predicted molar refractivity (Wildman–Crippen MR) is 122 cm³/mol. The monoisotopic (exact) mass is 493 g/mol. The molecule has 3 nitrogen and oxygen atoms in total. The van der Waals surface area contributed by atoms with Crippen molar-refractivity contribution in [1.29, 1.82) is 0 Å². The fourth-order valence-corrected chi connectivity index (χ4v) is 5.16. The van der Waals surface area contributed by atoms with Crippen molar-refractivity contribution in [2.45, 2.75) is 11.3 Å². The van der Waals surface area contributed by atoms with Crippen LogP contribution < -0.4 is 0 Å². The summed E-state index contributed by atoms with van der Waals surface area (Å²) in [6.45, 7) is 0. The summed E-state index contributed by atoms with van der Waals surface area (Å²) in [5, 5.41) is 2.71. The maximum Gasteiger partial charge on any atom is 0.497 e. The molecule has 0 bridgehead atoms. The van der Waals surface area contributed by atoms with Crippen LogP contribution in [0.25, 0.3) is 33.0 Å². The van der Waals surface area contributed by atoms with Crippen molar-refractivity contribution in [3.63, 3.8) is 0 Å². The highest BCUT2D eigenvalue weighted by molar-refractivity contribution is 7.91. The van der Waals surface area contributed by atoms with Crippen LogP contribution in [0.3, 0.4) is 0 Å². The van der Waals surface area contributed by atoms with Gasteiger partial charge in [-0.25, -0.2) is 13.4 Å². The molecule has 32 heavy (non-hydrogen) atoms. The first kappa shape index (κ1) is 22.5. The number of thiazole rings is 1. The largest absolute Gasteiger partial charge is 0.497 e. The Balaban J connectivity index is 1.66. The standard InChI is InChI=1S/C23H15ClF3NO2S2/c24-20-12-15(14-32(29,30)23(25,26)27)10-11-19(20)21-13-31-22(28-21)18-9-5-4-8-17(18)16-6-2-1-3-7-16/h1-13H,14H2. The van der Waals surface area contributed by atoms with Crippen molar-refractivity contribution in [3.8, 4) is 33.0 Å². The van der Waals surface area contributed by atoms with Crippen molar-refractivity contribution >= 4 is 32.8 Å². The van der Waals surface area contributed by atoms with Crippen molar-refractivity contribution in [2.24, 2.45) is 0 Å². The zero-order valence-corrected chi connectivity index (χ0v) is 18.7. The Labute approximate surface area is 192 Å². The van der Waals surface area contributed by atoms with Crippen LogP contribution in [0.4, 0.5) is 13.2 Å². The molecule has 0 saturated carbocycles. The molecule has 0 unspecified atom stereocenters. The lowest BCUT2D eigenvalue weighted by Crippen LogP contribution is -2.24. The van der Waals surface area contributed by atoms with Crippen LogP contribution in [0.1, 0.15) is 5.56 Å². The molecule has 0 aliphatic rings. The van der Waals surface area contributed by atoms with Gasteiger partial charge >= 0.3 is 5.51 Å². The number of nitrogens with zero attached hydrogens (tertiary/aromatic N) is 1. The highest BCUT2D eigenvalue weighted by Gasteiger charge is 2.45. The van der Waals surface area contributed by atoms with Crippen molar-refractivity contribution in [1.82, 2.24) is 4.98 Å². The molecular formula is C23H15ClF3NO2S2. The van der Waals surface area contributed by atoms with E-state index in [0.717, 1.165) is 21.7 Å². The SMILES string of the molecule is O=S(=O)(Cc1ccc(-c2csc(-c3ccccc3-c3ccccc3)n2)c(Cl)c1)C(F)(F)F. The van der Waals surface area contributed by atoms with Gasteiger partial charge in [-0.3, -0.25) is 0 Å².